The van der Waals surface area contributed by atoms with E-state index in [-0.39, 0.29) is 18.6 Å². The Kier molecular flexibility index (Phi) is 5.22. The van der Waals surface area contributed by atoms with Gasteiger partial charge in [0.05, 0.1) is 5.39 Å². The number of aromatic nitrogens is 3. The van der Waals surface area contributed by atoms with Gasteiger partial charge in [-0.05, 0) is 51.4 Å². The molecule has 1 aliphatic rings. The van der Waals surface area contributed by atoms with Gasteiger partial charge in [-0.3, -0.25) is 4.79 Å². The predicted molar refractivity (Wildman–Crippen MR) is 96.8 cm³/mol. The normalized spacial score (nSPS) is 18.5. The Morgan fingerprint density at radius 2 is 2.24 bits per heavy atom. The van der Waals surface area contributed by atoms with Gasteiger partial charge in [0.25, 0.3) is 5.91 Å². The number of fused-ring (bicyclic) bond motifs is 1. The number of nitrogens with one attached hydrogen (secondary N) is 1. The fraction of sp³-hybridized carbons (Fsp3) is 0.611. The smallest absolute Gasteiger partial charge is 0.258 e. The summed E-state index contributed by atoms with van der Waals surface area (Å²) in [5.41, 5.74) is 2.77. The summed E-state index contributed by atoms with van der Waals surface area (Å²) in [5, 5.41) is 8.33. The van der Waals surface area contributed by atoms with Crippen molar-refractivity contribution in [3.63, 3.8) is 0 Å². The van der Waals surface area contributed by atoms with E-state index in [1.807, 2.05) is 27.0 Å². The minimum Gasteiger partial charge on any atom is -0.466 e. The van der Waals surface area contributed by atoms with Crippen molar-refractivity contribution in [1.82, 2.24) is 25.0 Å². The molecule has 0 bridgehead atoms. The van der Waals surface area contributed by atoms with Crippen LogP contribution >= 0.6 is 0 Å². The molecular formula is C18H27N5O2. The number of carbonyl (C=O) groups is 1. The van der Waals surface area contributed by atoms with Crippen LogP contribution in [-0.4, -0.2) is 57.9 Å². The Balaban J connectivity index is 1.64. The van der Waals surface area contributed by atoms with Gasteiger partial charge in [0, 0.05) is 25.3 Å². The number of rotatable bonds is 5. The Bertz CT molecular complexity index is 770. The largest absolute Gasteiger partial charge is 0.466 e. The van der Waals surface area contributed by atoms with Gasteiger partial charge in [0.2, 0.25) is 5.88 Å². The Morgan fingerprint density at radius 1 is 1.44 bits per heavy atom. The van der Waals surface area contributed by atoms with Gasteiger partial charge in [-0.2, -0.15) is 0 Å². The van der Waals surface area contributed by atoms with Crippen LogP contribution in [0.15, 0.2) is 6.07 Å². The number of hydrogen-bond donors (Lipinski definition) is 1. The van der Waals surface area contributed by atoms with Gasteiger partial charge in [0.15, 0.2) is 12.3 Å². The molecule has 7 heteroatoms. The highest BCUT2D eigenvalue weighted by Crippen LogP contribution is 2.26. The summed E-state index contributed by atoms with van der Waals surface area (Å²) in [6.45, 7) is 9.14. The van der Waals surface area contributed by atoms with Crippen LogP contribution in [0.5, 0.6) is 5.88 Å². The van der Waals surface area contributed by atoms with Gasteiger partial charge in [0.1, 0.15) is 0 Å². The summed E-state index contributed by atoms with van der Waals surface area (Å²) < 4.78 is 7.42. The summed E-state index contributed by atoms with van der Waals surface area (Å²) in [4.78, 5) is 19.1. The molecule has 3 heterocycles. The summed E-state index contributed by atoms with van der Waals surface area (Å²) in [7, 11) is 1.84. The van der Waals surface area contributed by atoms with Crippen LogP contribution < -0.4 is 10.1 Å². The van der Waals surface area contributed by atoms with E-state index in [1.165, 1.54) is 0 Å². The van der Waals surface area contributed by atoms with E-state index in [9.17, 15) is 4.79 Å². The van der Waals surface area contributed by atoms with Crippen molar-refractivity contribution in [2.75, 3.05) is 26.2 Å². The first-order valence-corrected chi connectivity index (χ1v) is 8.93. The third-order valence-corrected chi connectivity index (χ3v) is 4.74. The fourth-order valence-corrected chi connectivity index (χ4v) is 3.51. The number of ether oxygens (including phenoxy) is 1. The maximum absolute atomic E-state index is 12.3. The second kappa shape index (κ2) is 7.39. The monoisotopic (exact) mass is 345 g/mol. The van der Waals surface area contributed by atoms with E-state index in [1.54, 1.807) is 4.68 Å². The van der Waals surface area contributed by atoms with Crippen molar-refractivity contribution in [3.8, 4) is 5.88 Å². The zero-order valence-corrected chi connectivity index (χ0v) is 15.5. The van der Waals surface area contributed by atoms with Crippen molar-refractivity contribution in [2.45, 2.75) is 39.7 Å². The minimum absolute atomic E-state index is 0.0257. The van der Waals surface area contributed by atoms with Crippen molar-refractivity contribution < 1.29 is 9.53 Å². The van der Waals surface area contributed by atoms with E-state index in [0.29, 0.717) is 5.88 Å². The molecule has 0 radical (unpaired) electrons. The number of carbonyl (C=O) groups excluding carboxylic acids is 1. The molecule has 7 nitrogen and oxygen atoms in total. The topological polar surface area (TPSA) is 72.3 Å². The van der Waals surface area contributed by atoms with Crippen LogP contribution in [0.3, 0.4) is 0 Å². The van der Waals surface area contributed by atoms with E-state index in [2.05, 4.69) is 27.2 Å². The maximum Gasteiger partial charge on any atom is 0.258 e. The number of likely N-dealkylation sites (tertiary alicyclic amines) is 1. The molecule has 1 amide bonds. The van der Waals surface area contributed by atoms with Crippen LogP contribution in [-0.2, 0) is 11.8 Å². The molecule has 1 N–H and O–H groups in total. The first-order chi connectivity index (χ1) is 12.0. The van der Waals surface area contributed by atoms with E-state index in [0.717, 1.165) is 54.8 Å². The number of pyridine rings is 1. The highest BCUT2D eigenvalue weighted by molar-refractivity contribution is 5.85. The predicted octanol–water partition coefficient (Wildman–Crippen LogP) is 1.56. The number of piperidine rings is 1. The van der Waals surface area contributed by atoms with Crippen LogP contribution in [0.4, 0.5) is 0 Å². The number of nitrogens with zero attached hydrogens (tertiary/aromatic N) is 4. The summed E-state index contributed by atoms with van der Waals surface area (Å²) >= 11 is 0. The lowest BCUT2D eigenvalue weighted by molar-refractivity contribution is -0.124. The molecule has 25 heavy (non-hydrogen) atoms. The molecule has 2 aromatic heterocycles. The number of likely N-dealkylation sites (N-methyl/N-ethyl adjacent to an activating group) is 1. The molecule has 1 aliphatic heterocycles. The minimum atomic E-state index is -0.0977. The van der Waals surface area contributed by atoms with Crippen molar-refractivity contribution in [1.29, 1.82) is 0 Å². The van der Waals surface area contributed by atoms with Crippen LogP contribution in [0.25, 0.3) is 11.0 Å². The molecule has 0 saturated carbocycles. The summed E-state index contributed by atoms with van der Waals surface area (Å²) in [6.07, 6.45) is 2.14. The van der Waals surface area contributed by atoms with E-state index >= 15 is 0 Å². The van der Waals surface area contributed by atoms with E-state index in [4.69, 9.17) is 4.74 Å². The molecule has 1 fully saturated rings. The lowest BCUT2D eigenvalue weighted by Crippen LogP contribution is -2.48. The molecule has 1 saturated heterocycles. The average Bonchev–Trinajstić information content (AvgIpc) is 2.89. The van der Waals surface area contributed by atoms with Gasteiger partial charge in [-0.1, -0.05) is 6.92 Å². The molecule has 136 valence electrons. The fourth-order valence-electron chi connectivity index (χ4n) is 3.51. The number of hydrogen-bond acceptors (Lipinski definition) is 5. The van der Waals surface area contributed by atoms with Crippen molar-refractivity contribution in [3.05, 3.63) is 17.3 Å². The molecule has 1 atom stereocenters. The zero-order valence-electron chi connectivity index (χ0n) is 15.5. The lowest BCUT2D eigenvalue weighted by atomic mass is 10.1. The second-order valence-electron chi connectivity index (χ2n) is 6.80. The summed E-state index contributed by atoms with van der Waals surface area (Å²) in [6, 6.07) is 2.20. The first kappa shape index (κ1) is 17.7. The molecule has 0 aliphatic carbocycles. The lowest BCUT2D eigenvalue weighted by Gasteiger charge is -2.32. The first-order valence-electron chi connectivity index (χ1n) is 8.93. The molecule has 0 spiro atoms. The third kappa shape index (κ3) is 3.92. The van der Waals surface area contributed by atoms with Crippen LogP contribution in [0.2, 0.25) is 0 Å². The standard InChI is InChI=1S/C18H27N5O2/c1-5-23-8-6-7-14(10-23)20-15(24)11-25-18-16-12(2)9-13(3)19-17(16)22(4)21-18/h9,14H,5-8,10-11H2,1-4H3,(H,20,24)/t14-/m1/s1. The summed E-state index contributed by atoms with van der Waals surface area (Å²) in [5.74, 6) is 0.371. The average molecular weight is 345 g/mol. The van der Waals surface area contributed by atoms with Gasteiger partial charge < -0.3 is 15.0 Å². The maximum atomic E-state index is 12.3. The van der Waals surface area contributed by atoms with E-state index < -0.39 is 0 Å². The van der Waals surface area contributed by atoms with Crippen molar-refractivity contribution in [2.24, 2.45) is 7.05 Å². The van der Waals surface area contributed by atoms with Crippen molar-refractivity contribution >= 4 is 16.9 Å². The Labute approximate surface area is 148 Å². The van der Waals surface area contributed by atoms with Crippen LogP contribution in [0, 0.1) is 13.8 Å². The second-order valence-corrected chi connectivity index (χ2v) is 6.80. The van der Waals surface area contributed by atoms with Gasteiger partial charge in [-0.25, -0.2) is 9.67 Å². The molecule has 2 aromatic rings. The molecule has 0 unspecified atom stereocenters. The molecule has 3 rings (SSSR count). The molecular weight excluding hydrogens is 318 g/mol. The zero-order chi connectivity index (χ0) is 18.0. The number of amides is 1. The Morgan fingerprint density at radius 3 is 3.00 bits per heavy atom. The Hall–Kier alpha value is -2.15. The quantitative estimate of drug-likeness (QED) is 0.890. The highest BCUT2D eigenvalue weighted by Gasteiger charge is 2.21. The van der Waals surface area contributed by atoms with Gasteiger partial charge in [-0.15, -0.1) is 5.10 Å². The molecule has 0 aromatic carbocycles. The van der Waals surface area contributed by atoms with Crippen LogP contribution in [0.1, 0.15) is 31.0 Å². The highest BCUT2D eigenvalue weighted by atomic mass is 16.5. The number of aryl methyl sites for hydroxylation is 3. The SMILES string of the molecule is CCN1CCC[C@@H](NC(=O)COc2nn(C)c3nc(C)cc(C)c23)C1. The van der Waals surface area contributed by atoms with Gasteiger partial charge >= 0.3 is 0 Å². The third-order valence-electron chi connectivity index (χ3n) is 4.74.